The minimum atomic E-state index is -0.168. The quantitative estimate of drug-likeness (QED) is 0.306. The molecule has 2 N–H and O–H groups in total. The molecule has 140 valence electrons. The average molecular weight is 461 g/mol. The van der Waals surface area contributed by atoms with E-state index in [2.05, 4.69) is 29.5 Å². The maximum atomic E-state index is 13.2. The Morgan fingerprint density at radius 3 is 2.92 bits per heavy atom. The number of nitrogens with one attached hydrogen (secondary N) is 2. The maximum absolute atomic E-state index is 13.2. The van der Waals surface area contributed by atoms with Crippen molar-refractivity contribution in [2.75, 3.05) is 20.2 Å². The molecule has 4 nitrogen and oxygen atoms in total. The first kappa shape index (κ1) is 20.4. The van der Waals surface area contributed by atoms with Crippen molar-refractivity contribution >= 4 is 29.9 Å². The molecule has 3 rings (SSSR count). The molecule has 1 aliphatic carbocycles. The van der Waals surface area contributed by atoms with E-state index in [4.69, 9.17) is 4.74 Å². The monoisotopic (exact) mass is 461 g/mol. The Hall–Kier alpha value is -0.890. The number of halogens is 2. The Morgan fingerprint density at radius 2 is 2.20 bits per heavy atom. The summed E-state index contributed by atoms with van der Waals surface area (Å²) in [6.45, 7) is 6.20. The molecule has 2 aliphatic rings. The van der Waals surface area contributed by atoms with E-state index in [9.17, 15) is 4.39 Å². The van der Waals surface area contributed by atoms with Gasteiger partial charge < -0.3 is 15.4 Å². The van der Waals surface area contributed by atoms with Crippen LogP contribution in [0.5, 0.6) is 0 Å². The summed E-state index contributed by atoms with van der Waals surface area (Å²) in [5.41, 5.74) is 1.17. The van der Waals surface area contributed by atoms with Gasteiger partial charge in [-0.05, 0) is 37.0 Å². The predicted octanol–water partition coefficient (Wildman–Crippen LogP) is 3.35. The molecule has 3 atom stereocenters. The summed E-state index contributed by atoms with van der Waals surface area (Å²) >= 11 is 0. The third-order valence-electron chi connectivity index (χ3n) is 5.44. The van der Waals surface area contributed by atoms with Gasteiger partial charge in [-0.25, -0.2) is 4.39 Å². The van der Waals surface area contributed by atoms with Gasteiger partial charge in [0.15, 0.2) is 5.96 Å². The zero-order valence-electron chi connectivity index (χ0n) is 15.2. The number of fused-ring (bicyclic) bond motifs is 1. The Morgan fingerprint density at radius 1 is 1.40 bits per heavy atom. The molecule has 1 aromatic rings. The summed E-state index contributed by atoms with van der Waals surface area (Å²) in [4.78, 5) is 4.34. The van der Waals surface area contributed by atoms with Crippen LogP contribution in [0.25, 0.3) is 0 Å². The van der Waals surface area contributed by atoms with Crippen LogP contribution in [0.15, 0.2) is 29.3 Å². The van der Waals surface area contributed by atoms with Gasteiger partial charge >= 0.3 is 0 Å². The molecule has 0 radical (unpaired) electrons. The fraction of sp³-hybridized carbons (Fsp3) is 0.632. The SMILES string of the molecule is CN=C(NCCCc1cccc(F)c1)NC1C2CCOC2C1(C)C.I. The molecule has 0 bridgehead atoms. The van der Waals surface area contributed by atoms with Crippen LogP contribution in [0, 0.1) is 17.2 Å². The standard InChI is InChI=1S/C19H28FN3O.HI/c1-19(2)16(15-9-11-24-17(15)19)23-18(21-3)22-10-5-7-13-6-4-8-14(20)12-13;/h4,6,8,12,15-17H,5,7,9-11H2,1-3H3,(H2,21,22,23);1H. The number of hydrogen-bond donors (Lipinski definition) is 2. The van der Waals surface area contributed by atoms with Crippen molar-refractivity contribution in [3.05, 3.63) is 35.6 Å². The Balaban J connectivity index is 0.00000225. The maximum Gasteiger partial charge on any atom is 0.191 e. The van der Waals surface area contributed by atoms with Gasteiger partial charge in [-0.15, -0.1) is 24.0 Å². The van der Waals surface area contributed by atoms with Crippen molar-refractivity contribution < 1.29 is 9.13 Å². The van der Waals surface area contributed by atoms with E-state index in [0.29, 0.717) is 18.1 Å². The normalized spacial score (nSPS) is 27.0. The summed E-state index contributed by atoms with van der Waals surface area (Å²) in [6, 6.07) is 7.21. The Kier molecular flexibility index (Phi) is 7.08. The van der Waals surface area contributed by atoms with Gasteiger partial charge in [0.1, 0.15) is 5.82 Å². The third-order valence-corrected chi connectivity index (χ3v) is 5.44. The van der Waals surface area contributed by atoms with Gasteiger partial charge in [0.25, 0.3) is 0 Å². The zero-order valence-corrected chi connectivity index (χ0v) is 17.5. The van der Waals surface area contributed by atoms with Crippen LogP contribution in [0.3, 0.4) is 0 Å². The van der Waals surface area contributed by atoms with E-state index in [-0.39, 0.29) is 35.2 Å². The summed E-state index contributed by atoms with van der Waals surface area (Å²) in [5, 5.41) is 6.95. The van der Waals surface area contributed by atoms with E-state index in [1.807, 2.05) is 6.07 Å². The second-order valence-corrected chi connectivity index (χ2v) is 7.42. The van der Waals surface area contributed by atoms with Gasteiger partial charge in [-0.1, -0.05) is 26.0 Å². The molecular weight excluding hydrogens is 432 g/mol. The summed E-state index contributed by atoms with van der Waals surface area (Å²) < 4.78 is 19.0. The van der Waals surface area contributed by atoms with Crippen molar-refractivity contribution in [2.45, 2.75) is 45.3 Å². The van der Waals surface area contributed by atoms with Crippen LogP contribution in [0.1, 0.15) is 32.3 Å². The first-order valence-corrected chi connectivity index (χ1v) is 8.85. The van der Waals surface area contributed by atoms with Crippen LogP contribution in [0.2, 0.25) is 0 Å². The highest BCUT2D eigenvalue weighted by atomic mass is 127. The number of guanidine groups is 1. The molecule has 1 heterocycles. The lowest BCUT2D eigenvalue weighted by atomic mass is 9.57. The molecule has 0 amide bonds. The van der Waals surface area contributed by atoms with Gasteiger partial charge in [-0.3, -0.25) is 4.99 Å². The molecule has 1 aliphatic heterocycles. The highest BCUT2D eigenvalue weighted by Crippen LogP contribution is 2.52. The van der Waals surface area contributed by atoms with Crippen molar-refractivity contribution in [3.8, 4) is 0 Å². The fourth-order valence-electron chi connectivity index (χ4n) is 4.15. The number of hydrogen-bond acceptors (Lipinski definition) is 2. The average Bonchev–Trinajstić information content (AvgIpc) is 3.01. The van der Waals surface area contributed by atoms with Crippen molar-refractivity contribution in [1.82, 2.24) is 10.6 Å². The molecule has 1 saturated carbocycles. The minimum absolute atomic E-state index is 0. The molecule has 1 saturated heterocycles. The van der Waals surface area contributed by atoms with Crippen molar-refractivity contribution in [3.63, 3.8) is 0 Å². The first-order chi connectivity index (χ1) is 11.5. The van der Waals surface area contributed by atoms with Crippen LogP contribution in [0.4, 0.5) is 4.39 Å². The van der Waals surface area contributed by atoms with Crippen molar-refractivity contribution in [1.29, 1.82) is 0 Å². The number of aryl methyl sites for hydroxylation is 1. The molecule has 25 heavy (non-hydrogen) atoms. The van der Waals surface area contributed by atoms with Crippen LogP contribution >= 0.6 is 24.0 Å². The minimum Gasteiger partial charge on any atom is -0.377 e. The molecule has 6 heteroatoms. The Labute approximate surface area is 167 Å². The van der Waals surface area contributed by atoms with Crippen LogP contribution in [-0.4, -0.2) is 38.3 Å². The molecule has 2 fully saturated rings. The van der Waals surface area contributed by atoms with Crippen molar-refractivity contribution in [2.24, 2.45) is 16.3 Å². The topological polar surface area (TPSA) is 45.7 Å². The second-order valence-electron chi connectivity index (χ2n) is 7.42. The van der Waals surface area contributed by atoms with E-state index in [1.165, 1.54) is 6.07 Å². The van der Waals surface area contributed by atoms with E-state index in [0.717, 1.165) is 43.9 Å². The number of benzene rings is 1. The lowest BCUT2D eigenvalue weighted by Gasteiger charge is -2.54. The number of ether oxygens (including phenoxy) is 1. The van der Waals surface area contributed by atoms with E-state index >= 15 is 0 Å². The van der Waals surface area contributed by atoms with Gasteiger partial charge in [0, 0.05) is 37.6 Å². The molecule has 0 spiro atoms. The highest BCUT2D eigenvalue weighted by Gasteiger charge is 2.59. The molecule has 1 aromatic carbocycles. The summed E-state index contributed by atoms with van der Waals surface area (Å²) in [6.07, 6.45) is 3.30. The summed E-state index contributed by atoms with van der Waals surface area (Å²) in [5.74, 6) is 1.27. The fourth-order valence-corrected chi connectivity index (χ4v) is 4.15. The third kappa shape index (κ3) is 4.45. The lowest BCUT2D eigenvalue weighted by molar-refractivity contribution is -0.106. The largest absolute Gasteiger partial charge is 0.377 e. The van der Waals surface area contributed by atoms with Gasteiger partial charge in [-0.2, -0.15) is 0 Å². The van der Waals surface area contributed by atoms with E-state index in [1.54, 1.807) is 19.2 Å². The van der Waals surface area contributed by atoms with Gasteiger partial charge in [0.05, 0.1) is 6.10 Å². The highest BCUT2D eigenvalue weighted by molar-refractivity contribution is 14.0. The van der Waals surface area contributed by atoms with Crippen LogP contribution in [-0.2, 0) is 11.2 Å². The van der Waals surface area contributed by atoms with Crippen LogP contribution < -0.4 is 10.6 Å². The van der Waals surface area contributed by atoms with Gasteiger partial charge in [0.2, 0.25) is 0 Å². The smallest absolute Gasteiger partial charge is 0.191 e. The molecule has 0 aromatic heterocycles. The first-order valence-electron chi connectivity index (χ1n) is 8.85. The second kappa shape index (κ2) is 8.66. The number of rotatable bonds is 5. The lowest BCUT2D eigenvalue weighted by Crippen LogP contribution is -2.67. The van der Waals surface area contributed by atoms with E-state index < -0.39 is 0 Å². The zero-order chi connectivity index (χ0) is 17.2. The number of nitrogens with zero attached hydrogens (tertiary/aromatic N) is 1. The number of aliphatic imine (C=N–C) groups is 1. The Bertz CT molecular complexity index is 608. The predicted molar refractivity (Wildman–Crippen MR) is 110 cm³/mol. The molecular formula is C19H29FIN3O. The summed E-state index contributed by atoms with van der Waals surface area (Å²) in [7, 11) is 1.80. The molecule has 3 unspecified atom stereocenters.